The van der Waals surface area contributed by atoms with Crippen molar-refractivity contribution in [2.24, 2.45) is 4.99 Å². The van der Waals surface area contributed by atoms with Crippen LogP contribution in [0, 0.1) is 18.2 Å². The summed E-state index contributed by atoms with van der Waals surface area (Å²) in [5.41, 5.74) is 0.359. The van der Waals surface area contributed by atoms with Gasteiger partial charge in [-0.2, -0.15) is 0 Å². The number of guanidine groups is 1. The lowest BCUT2D eigenvalue weighted by Crippen LogP contribution is -2.45. The summed E-state index contributed by atoms with van der Waals surface area (Å²) in [7, 11) is 1.65. The number of terminal acetylenes is 1. The molecule has 1 atom stereocenters. The third-order valence-electron chi connectivity index (χ3n) is 3.77. The highest BCUT2D eigenvalue weighted by atomic mass is 35.5. The summed E-state index contributed by atoms with van der Waals surface area (Å²) in [5.74, 6) is 2.63. The maximum absolute atomic E-state index is 14.0. The maximum atomic E-state index is 14.0. The minimum Gasteiger partial charge on any atom is -0.379 e. The summed E-state index contributed by atoms with van der Waals surface area (Å²) >= 11 is 5.78. The number of hydrogen-bond acceptors (Lipinski definition) is 3. The second-order valence-corrected chi connectivity index (χ2v) is 5.80. The van der Waals surface area contributed by atoms with Gasteiger partial charge in [-0.3, -0.25) is 9.89 Å². The first-order chi connectivity index (χ1) is 11.6. The Morgan fingerprint density at radius 3 is 2.88 bits per heavy atom. The molecule has 0 amide bonds. The largest absolute Gasteiger partial charge is 0.379 e. The average molecular weight is 353 g/mol. The van der Waals surface area contributed by atoms with Gasteiger partial charge in [0.2, 0.25) is 0 Å². The van der Waals surface area contributed by atoms with Crippen LogP contribution in [0.2, 0.25) is 5.02 Å². The highest BCUT2D eigenvalue weighted by Gasteiger charge is 2.15. The van der Waals surface area contributed by atoms with E-state index in [1.807, 2.05) is 0 Å². The third-order valence-corrected chi connectivity index (χ3v) is 4.00. The highest BCUT2D eigenvalue weighted by molar-refractivity contribution is 6.30. The number of aliphatic imine (C=N–C) groups is 1. The van der Waals surface area contributed by atoms with Crippen molar-refractivity contribution in [1.82, 2.24) is 15.5 Å². The van der Waals surface area contributed by atoms with Crippen molar-refractivity contribution in [1.29, 1.82) is 0 Å². The number of halogens is 2. The van der Waals surface area contributed by atoms with Gasteiger partial charge in [-0.15, -0.1) is 6.42 Å². The van der Waals surface area contributed by atoms with E-state index in [4.69, 9.17) is 22.8 Å². The standard InChI is InChI=1S/C17H22ClFN4O/c1-3-16(14-5-4-13(18)12-15(14)19)22-17(20-2)21-6-7-23-8-10-24-11-9-23/h1,4-5,12,16H,6-11H2,2H3,(H2,20,21,22). The van der Waals surface area contributed by atoms with E-state index >= 15 is 0 Å². The van der Waals surface area contributed by atoms with Crippen molar-refractivity contribution in [2.75, 3.05) is 46.4 Å². The molecule has 1 heterocycles. The average Bonchev–Trinajstić information content (AvgIpc) is 2.59. The number of ether oxygens (including phenoxy) is 1. The van der Waals surface area contributed by atoms with Gasteiger partial charge in [0.25, 0.3) is 0 Å². The molecule has 2 rings (SSSR count). The number of nitrogens with zero attached hydrogens (tertiary/aromatic N) is 2. The van der Waals surface area contributed by atoms with Gasteiger partial charge < -0.3 is 15.4 Å². The SMILES string of the molecule is C#CC(NC(=NC)NCCN1CCOCC1)c1ccc(Cl)cc1F. The van der Waals surface area contributed by atoms with E-state index in [1.54, 1.807) is 19.2 Å². The summed E-state index contributed by atoms with van der Waals surface area (Å²) in [6.07, 6.45) is 5.54. The Balaban J connectivity index is 1.89. The van der Waals surface area contributed by atoms with E-state index in [0.29, 0.717) is 23.1 Å². The maximum Gasteiger partial charge on any atom is 0.192 e. The molecule has 0 aromatic heterocycles. The minimum absolute atomic E-state index is 0.333. The number of nitrogens with one attached hydrogen (secondary N) is 2. The van der Waals surface area contributed by atoms with Crippen LogP contribution < -0.4 is 10.6 Å². The molecule has 1 aliphatic rings. The number of benzene rings is 1. The lowest BCUT2D eigenvalue weighted by atomic mass is 10.1. The fourth-order valence-electron chi connectivity index (χ4n) is 2.43. The Morgan fingerprint density at radius 1 is 1.50 bits per heavy atom. The number of morpholine rings is 1. The first-order valence-electron chi connectivity index (χ1n) is 7.82. The summed E-state index contributed by atoms with van der Waals surface area (Å²) < 4.78 is 19.4. The van der Waals surface area contributed by atoms with Crippen LogP contribution in [-0.2, 0) is 4.74 Å². The van der Waals surface area contributed by atoms with Gasteiger partial charge in [0, 0.05) is 43.8 Å². The molecule has 0 radical (unpaired) electrons. The zero-order valence-electron chi connectivity index (χ0n) is 13.7. The van der Waals surface area contributed by atoms with Gasteiger partial charge in [0.1, 0.15) is 11.9 Å². The van der Waals surface area contributed by atoms with E-state index in [-0.39, 0.29) is 0 Å². The minimum atomic E-state index is -0.628. The molecule has 0 saturated carbocycles. The molecule has 0 bridgehead atoms. The van der Waals surface area contributed by atoms with E-state index in [9.17, 15) is 4.39 Å². The van der Waals surface area contributed by atoms with Crippen molar-refractivity contribution >= 4 is 17.6 Å². The van der Waals surface area contributed by atoms with Crippen LogP contribution in [0.25, 0.3) is 0 Å². The Labute approximate surface area is 147 Å². The van der Waals surface area contributed by atoms with Gasteiger partial charge in [-0.05, 0) is 12.1 Å². The molecular formula is C17H22ClFN4O. The van der Waals surface area contributed by atoms with Gasteiger partial charge in [0.05, 0.1) is 13.2 Å². The monoisotopic (exact) mass is 352 g/mol. The van der Waals surface area contributed by atoms with E-state index in [0.717, 1.165) is 32.8 Å². The van der Waals surface area contributed by atoms with Crippen molar-refractivity contribution in [3.8, 4) is 12.3 Å². The Bertz CT molecular complexity index is 611. The van der Waals surface area contributed by atoms with Gasteiger partial charge in [0.15, 0.2) is 5.96 Å². The lowest BCUT2D eigenvalue weighted by Gasteiger charge is -2.27. The number of hydrogen-bond donors (Lipinski definition) is 2. The van der Waals surface area contributed by atoms with Crippen LogP contribution in [0.1, 0.15) is 11.6 Å². The smallest absolute Gasteiger partial charge is 0.192 e. The summed E-state index contributed by atoms with van der Waals surface area (Å²) in [6.45, 7) is 4.97. The molecule has 1 aliphatic heterocycles. The fraction of sp³-hybridized carbons (Fsp3) is 0.471. The van der Waals surface area contributed by atoms with E-state index in [2.05, 4.69) is 26.4 Å². The van der Waals surface area contributed by atoms with Gasteiger partial charge in [-0.25, -0.2) is 4.39 Å². The molecule has 1 aromatic rings. The molecule has 1 aromatic carbocycles. The van der Waals surface area contributed by atoms with Crippen molar-refractivity contribution in [3.63, 3.8) is 0 Å². The van der Waals surface area contributed by atoms with Crippen molar-refractivity contribution < 1.29 is 9.13 Å². The normalized spacial score (nSPS) is 17.2. The second kappa shape index (κ2) is 9.48. The van der Waals surface area contributed by atoms with E-state index < -0.39 is 11.9 Å². The van der Waals surface area contributed by atoms with Crippen LogP contribution in [0.4, 0.5) is 4.39 Å². The Hall–Kier alpha value is -1.81. The Kier molecular flexibility index (Phi) is 7.32. The molecule has 0 spiro atoms. The van der Waals surface area contributed by atoms with Crippen LogP contribution in [0.15, 0.2) is 23.2 Å². The summed E-state index contributed by atoms with van der Waals surface area (Å²) in [4.78, 5) is 6.45. The third kappa shape index (κ3) is 5.38. The molecule has 0 aliphatic carbocycles. The van der Waals surface area contributed by atoms with Gasteiger partial charge in [-0.1, -0.05) is 23.6 Å². The van der Waals surface area contributed by atoms with Crippen LogP contribution in [-0.4, -0.2) is 57.3 Å². The number of rotatable bonds is 5. The van der Waals surface area contributed by atoms with Gasteiger partial charge >= 0.3 is 0 Å². The molecule has 7 heteroatoms. The summed E-state index contributed by atoms with van der Waals surface area (Å²) in [5, 5.41) is 6.57. The predicted molar refractivity (Wildman–Crippen MR) is 94.7 cm³/mol. The van der Waals surface area contributed by atoms with Crippen molar-refractivity contribution in [2.45, 2.75) is 6.04 Å². The Morgan fingerprint density at radius 2 is 2.25 bits per heavy atom. The second-order valence-electron chi connectivity index (χ2n) is 5.36. The molecule has 1 saturated heterocycles. The fourth-order valence-corrected chi connectivity index (χ4v) is 2.59. The molecule has 1 unspecified atom stereocenters. The van der Waals surface area contributed by atoms with Crippen molar-refractivity contribution in [3.05, 3.63) is 34.6 Å². The molecule has 24 heavy (non-hydrogen) atoms. The lowest BCUT2D eigenvalue weighted by molar-refractivity contribution is 0.0389. The molecule has 2 N–H and O–H groups in total. The molecule has 5 nitrogen and oxygen atoms in total. The zero-order valence-corrected chi connectivity index (χ0v) is 14.4. The van der Waals surface area contributed by atoms with Crippen LogP contribution >= 0.6 is 11.6 Å². The predicted octanol–water partition coefficient (Wildman–Crippen LogP) is 1.65. The summed E-state index contributed by atoms with van der Waals surface area (Å²) in [6, 6.07) is 3.81. The van der Waals surface area contributed by atoms with E-state index in [1.165, 1.54) is 6.07 Å². The topological polar surface area (TPSA) is 48.9 Å². The first kappa shape index (κ1) is 18.5. The first-order valence-corrected chi connectivity index (χ1v) is 8.20. The molecular weight excluding hydrogens is 331 g/mol. The van der Waals surface area contributed by atoms with Crippen LogP contribution in [0.3, 0.4) is 0 Å². The molecule has 130 valence electrons. The zero-order chi connectivity index (χ0) is 17.4. The van der Waals surface area contributed by atoms with Crippen LogP contribution in [0.5, 0.6) is 0 Å². The quantitative estimate of drug-likeness (QED) is 0.480. The molecule has 1 fully saturated rings. The highest BCUT2D eigenvalue weighted by Crippen LogP contribution is 2.20.